The Hall–Kier alpha value is -1.13. The summed E-state index contributed by atoms with van der Waals surface area (Å²) in [4.78, 5) is 2.04. The van der Waals surface area contributed by atoms with Crippen LogP contribution in [0.5, 0.6) is 0 Å². The first-order valence-electron chi connectivity index (χ1n) is 7.41. The summed E-state index contributed by atoms with van der Waals surface area (Å²) in [7, 11) is 1.97. The molecule has 1 aliphatic rings. The number of anilines is 1. The van der Waals surface area contributed by atoms with Crippen LogP contribution in [0, 0.1) is 11.2 Å². The molecule has 0 atom stereocenters. The van der Waals surface area contributed by atoms with Gasteiger partial charge in [0.2, 0.25) is 0 Å². The van der Waals surface area contributed by atoms with Gasteiger partial charge in [-0.3, -0.25) is 0 Å². The van der Waals surface area contributed by atoms with E-state index in [1.807, 2.05) is 24.1 Å². The van der Waals surface area contributed by atoms with Gasteiger partial charge in [0.1, 0.15) is 5.82 Å². The predicted molar refractivity (Wildman–Crippen MR) is 80.7 cm³/mol. The SMILES string of the molecule is CCNCC1(CN(C)c2ccccc2F)CCOCC1. The molecule has 0 aromatic heterocycles. The number of nitrogens with zero attached hydrogens (tertiary/aromatic N) is 1. The highest BCUT2D eigenvalue weighted by Gasteiger charge is 2.33. The normalized spacial score (nSPS) is 17.9. The van der Waals surface area contributed by atoms with Gasteiger partial charge in [-0.2, -0.15) is 0 Å². The maximum atomic E-state index is 13.9. The van der Waals surface area contributed by atoms with Crippen molar-refractivity contribution in [1.82, 2.24) is 5.32 Å². The summed E-state index contributed by atoms with van der Waals surface area (Å²) in [6, 6.07) is 6.98. The molecule has 1 aliphatic heterocycles. The van der Waals surface area contributed by atoms with Gasteiger partial charge in [-0.15, -0.1) is 0 Å². The van der Waals surface area contributed by atoms with Crippen LogP contribution in [0.15, 0.2) is 24.3 Å². The van der Waals surface area contributed by atoms with Crippen LogP contribution in [0.1, 0.15) is 19.8 Å². The smallest absolute Gasteiger partial charge is 0.146 e. The largest absolute Gasteiger partial charge is 0.381 e. The van der Waals surface area contributed by atoms with Crippen LogP contribution < -0.4 is 10.2 Å². The van der Waals surface area contributed by atoms with Crippen molar-refractivity contribution in [3.8, 4) is 0 Å². The summed E-state index contributed by atoms with van der Waals surface area (Å²) in [5, 5.41) is 3.45. The third-order valence-corrected chi connectivity index (χ3v) is 4.14. The number of hydrogen-bond acceptors (Lipinski definition) is 3. The van der Waals surface area contributed by atoms with Crippen LogP contribution >= 0.6 is 0 Å². The molecule has 1 fully saturated rings. The van der Waals surface area contributed by atoms with Gasteiger partial charge in [0.05, 0.1) is 5.69 Å². The number of ether oxygens (including phenoxy) is 1. The van der Waals surface area contributed by atoms with Gasteiger partial charge in [0, 0.05) is 38.8 Å². The average Bonchev–Trinajstić information content (AvgIpc) is 2.46. The van der Waals surface area contributed by atoms with Crippen molar-refractivity contribution >= 4 is 5.69 Å². The van der Waals surface area contributed by atoms with Crippen molar-refractivity contribution in [3.63, 3.8) is 0 Å². The standard InChI is InChI=1S/C16H25FN2O/c1-3-18-12-16(8-10-20-11-9-16)13-19(2)15-7-5-4-6-14(15)17/h4-7,18H,3,8-13H2,1-2H3. The molecule has 1 heterocycles. The molecule has 112 valence electrons. The van der Waals surface area contributed by atoms with E-state index in [4.69, 9.17) is 4.74 Å². The Labute approximate surface area is 121 Å². The molecule has 0 bridgehead atoms. The fourth-order valence-electron chi connectivity index (χ4n) is 2.93. The Morgan fingerprint density at radius 1 is 1.30 bits per heavy atom. The van der Waals surface area contributed by atoms with Crippen molar-refractivity contribution in [1.29, 1.82) is 0 Å². The molecular weight excluding hydrogens is 255 g/mol. The fraction of sp³-hybridized carbons (Fsp3) is 0.625. The number of hydrogen-bond donors (Lipinski definition) is 1. The Morgan fingerprint density at radius 2 is 2.00 bits per heavy atom. The maximum absolute atomic E-state index is 13.9. The lowest BCUT2D eigenvalue weighted by molar-refractivity contribution is 0.0190. The second kappa shape index (κ2) is 7.04. The van der Waals surface area contributed by atoms with Crippen molar-refractivity contribution in [3.05, 3.63) is 30.1 Å². The monoisotopic (exact) mass is 280 g/mol. The number of benzene rings is 1. The van der Waals surface area contributed by atoms with Crippen molar-refractivity contribution < 1.29 is 9.13 Å². The Bertz CT molecular complexity index is 419. The number of para-hydroxylation sites is 1. The van der Waals surface area contributed by atoms with E-state index in [9.17, 15) is 4.39 Å². The molecule has 4 heteroatoms. The first kappa shape index (κ1) is 15.3. The average molecular weight is 280 g/mol. The summed E-state index contributed by atoms with van der Waals surface area (Å²) >= 11 is 0. The summed E-state index contributed by atoms with van der Waals surface area (Å²) in [6.45, 7) is 6.50. The third kappa shape index (κ3) is 3.70. The molecule has 1 N–H and O–H groups in total. The van der Waals surface area contributed by atoms with Gasteiger partial charge in [-0.05, 0) is 31.5 Å². The minimum atomic E-state index is -0.152. The lowest BCUT2D eigenvalue weighted by Gasteiger charge is -2.41. The summed E-state index contributed by atoms with van der Waals surface area (Å²) in [5.41, 5.74) is 0.848. The van der Waals surface area contributed by atoms with Crippen LogP contribution in [-0.4, -0.2) is 39.9 Å². The molecule has 1 aromatic rings. The number of halogens is 1. The quantitative estimate of drug-likeness (QED) is 0.867. The van der Waals surface area contributed by atoms with E-state index in [0.29, 0.717) is 5.69 Å². The van der Waals surface area contributed by atoms with E-state index in [0.717, 1.165) is 45.7 Å². The summed E-state index contributed by atoms with van der Waals surface area (Å²) in [6.07, 6.45) is 2.05. The molecule has 0 radical (unpaired) electrons. The molecule has 3 nitrogen and oxygen atoms in total. The molecule has 1 saturated heterocycles. The number of rotatable bonds is 6. The third-order valence-electron chi connectivity index (χ3n) is 4.14. The van der Waals surface area contributed by atoms with Crippen LogP contribution in [0.4, 0.5) is 10.1 Å². The van der Waals surface area contributed by atoms with E-state index < -0.39 is 0 Å². The van der Waals surface area contributed by atoms with Gasteiger partial charge < -0.3 is 15.0 Å². The van der Waals surface area contributed by atoms with E-state index in [1.54, 1.807) is 6.07 Å². The Kier molecular flexibility index (Phi) is 5.38. The fourth-order valence-corrected chi connectivity index (χ4v) is 2.93. The Morgan fingerprint density at radius 3 is 2.65 bits per heavy atom. The van der Waals surface area contributed by atoms with E-state index >= 15 is 0 Å². The molecule has 0 aliphatic carbocycles. The zero-order chi connectivity index (χ0) is 14.4. The van der Waals surface area contributed by atoms with Crippen LogP contribution in [-0.2, 0) is 4.74 Å². The highest BCUT2D eigenvalue weighted by Crippen LogP contribution is 2.32. The van der Waals surface area contributed by atoms with Gasteiger partial charge in [-0.25, -0.2) is 4.39 Å². The molecule has 0 unspecified atom stereocenters. The highest BCUT2D eigenvalue weighted by molar-refractivity contribution is 5.47. The van der Waals surface area contributed by atoms with Gasteiger partial charge in [0.15, 0.2) is 0 Å². The molecular formula is C16H25FN2O. The first-order valence-corrected chi connectivity index (χ1v) is 7.41. The van der Waals surface area contributed by atoms with Crippen molar-refractivity contribution in [2.45, 2.75) is 19.8 Å². The van der Waals surface area contributed by atoms with E-state index in [1.165, 1.54) is 6.07 Å². The van der Waals surface area contributed by atoms with Gasteiger partial charge in [-0.1, -0.05) is 19.1 Å². The lowest BCUT2D eigenvalue weighted by Crippen LogP contribution is -2.46. The van der Waals surface area contributed by atoms with Crippen LogP contribution in [0.25, 0.3) is 0 Å². The molecule has 1 aromatic carbocycles. The Balaban J connectivity index is 2.08. The van der Waals surface area contributed by atoms with Crippen molar-refractivity contribution in [2.24, 2.45) is 5.41 Å². The van der Waals surface area contributed by atoms with Gasteiger partial charge >= 0.3 is 0 Å². The second-order valence-corrected chi connectivity index (χ2v) is 5.70. The summed E-state index contributed by atoms with van der Waals surface area (Å²) < 4.78 is 19.4. The minimum Gasteiger partial charge on any atom is -0.381 e. The first-order chi connectivity index (χ1) is 9.67. The van der Waals surface area contributed by atoms with Crippen molar-refractivity contribution in [2.75, 3.05) is 44.8 Å². The minimum absolute atomic E-state index is 0.152. The zero-order valence-electron chi connectivity index (χ0n) is 12.5. The molecule has 0 spiro atoms. The van der Waals surface area contributed by atoms with Crippen LogP contribution in [0.3, 0.4) is 0 Å². The topological polar surface area (TPSA) is 24.5 Å². The highest BCUT2D eigenvalue weighted by atomic mass is 19.1. The maximum Gasteiger partial charge on any atom is 0.146 e. The zero-order valence-corrected chi connectivity index (χ0v) is 12.5. The molecule has 2 rings (SSSR count). The second-order valence-electron chi connectivity index (χ2n) is 5.70. The van der Waals surface area contributed by atoms with Gasteiger partial charge in [0.25, 0.3) is 0 Å². The predicted octanol–water partition coefficient (Wildman–Crippen LogP) is 2.67. The van der Waals surface area contributed by atoms with Crippen LogP contribution in [0.2, 0.25) is 0 Å². The molecule has 20 heavy (non-hydrogen) atoms. The van der Waals surface area contributed by atoms with E-state index in [-0.39, 0.29) is 11.2 Å². The number of nitrogens with one attached hydrogen (secondary N) is 1. The summed E-state index contributed by atoms with van der Waals surface area (Å²) in [5.74, 6) is -0.152. The lowest BCUT2D eigenvalue weighted by atomic mass is 9.79. The molecule has 0 amide bonds. The van der Waals surface area contributed by atoms with E-state index in [2.05, 4.69) is 12.2 Å². The molecule has 0 saturated carbocycles.